The van der Waals surface area contributed by atoms with E-state index in [0.29, 0.717) is 12.5 Å². The number of rotatable bonds is 5. The van der Waals surface area contributed by atoms with Crippen LogP contribution >= 0.6 is 0 Å². The lowest BCUT2D eigenvalue weighted by Crippen LogP contribution is -2.42. The molecule has 1 amide bonds. The third kappa shape index (κ3) is 2.71. The summed E-state index contributed by atoms with van der Waals surface area (Å²) < 4.78 is 0. The van der Waals surface area contributed by atoms with E-state index in [4.69, 9.17) is 5.11 Å². The summed E-state index contributed by atoms with van der Waals surface area (Å²) in [7, 11) is 0. The number of carbonyl (C=O) groups is 1. The molecule has 0 aromatic carbocycles. The van der Waals surface area contributed by atoms with E-state index >= 15 is 0 Å². The molecular weight excluding hydrogens is 178 g/mol. The predicted octanol–water partition coefficient (Wildman–Crippen LogP) is 1.26. The quantitative estimate of drug-likeness (QED) is 0.724. The van der Waals surface area contributed by atoms with Crippen LogP contribution in [-0.2, 0) is 4.79 Å². The maximum atomic E-state index is 12.0. The fraction of sp³-hybridized carbons (Fsp3) is 0.909. The van der Waals surface area contributed by atoms with Gasteiger partial charge in [0, 0.05) is 18.5 Å². The molecule has 0 aromatic heterocycles. The number of nitrogens with zero attached hydrogens (tertiary/aromatic N) is 1. The third-order valence-electron chi connectivity index (χ3n) is 2.97. The van der Waals surface area contributed by atoms with Gasteiger partial charge in [-0.25, -0.2) is 0 Å². The van der Waals surface area contributed by atoms with Crippen LogP contribution in [0.5, 0.6) is 0 Å². The fourth-order valence-electron chi connectivity index (χ4n) is 1.79. The van der Waals surface area contributed by atoms with Gasteiger partial charge in [-0.2, -0.15) is 0 Å². The first-order valence-corrected chi connectivity index (χ1v) is 5.49. The average molecular weight is 199 g/mol. The number of aliphatic hydroxyl groups excluding tert-OH is 1. The maximum absolute atomic E-state index is 12.0. The van der Waals surface area contributed by atoms with Gasteiger partial charge >= 0.3 is 0 Å². The molecule has 0 aromatic rings. The van der Waals surface area contributed by atoms with E-state index in [2.05, 4.69) is 0 Å². The van der Waals surface area contributed by atoms with E-state index in [0.717, 1.165) is 0 Å². The van der Waals surface area contributed by atoms with Gasteiger partial charge in [-0.05, 0) is 32.6 Å². The molecule has 1 aliphatic carbocycles. The van der Waals surface area contributed by atoms with Gasteiger partial charge in [0.15, 0.2) is 0 Å². The van der Waals surface area contributed by atoms with Crippen LogP contribution in [0.2, 0.25) is 0 Å². The van der Waals surface area contributed by atoms with E-state index < -0.39 is 0 Å². The minimum absolute atomic E-state index is 0.0569. The average Bonchev–Trinajstić information content (AvgIpc) is 2.94. The molecule has 1 N–H and O–H groups in total. The SMILES string of the molecule is CC(C(=O)N(CCO)C(C)C)C1CC1. The smallest absolute Gasteiger partial charge is 0.225 e. The number of aliphatic hydroxyl groups is 1. The second kappa shape index (κ2) is 4.78. The van der Waals surface area contributed by atoms with Crippen LogP contribution in [0.15, 0.2) is 0 Å². The minimum atomic E-state index is 0.0569. The van der Waals surface area contributed by atoms with E-state index in [1.807, 2.05) is 20.8 Å². The molecule has 3 nitrogen and oxygen atoms in total. The Labute approximate surface area is 86.1 Å². The first-order chi connectivity index (χ1) is 6.57. The predicted molar refractivity (Wildman–Crippen MR) is 55.8 cm³/mol. The summed E-state index contributed by atoms with van der Waals surface area (Å²) in [6.45, 7) is 6.52. The van der Waals surface area contributed by atoms with Crippen LogP contribution in [0.4, 0.5) is 0 Å². The van der Waals surface area contributed by atoms with Gasteiger partial charge in [-0.15, -0.1) is 0 Å². The lowest BCUT2D eigenvalue weighted by molar-refractivity contribution is -0.137. The van der Waals surface area contributed by atoms with Gasteiger partial charge in [0.1, 0.15) is 0 Å². The molecule has 82 valence electrons. The van der Waals surface area contributed by atoms with Crippen LogP contribution in [0.3, 0.4) is 0 Å². The molecule has 0 bridgehead atoms. The topological polar surface area (TPSA) is 40.5 Å². The van der Waals surface area contributed by atoms with E-state index in [1.54, 1.807) is 4.90 Å². The first kappa shape index (κ1) is 11.5. The molecule has 0 radical (unpaired) electrons. The highest BCUT2D eigenvalue weighted by atomic mass is 16.3. The molecule has 1 aliphatic rings. The van der Waals surface area contributed by atoms with Gasteiger partial charge in [-0.3, -0.25) is 4.79 Å². The van der Waals surface area contributed by atoms with Crippen LogP contribution in [0.1, 0.15) is 33.6 Å². The fourth-order valence-corrected chi connectivity index (χ4v) is 1.79. The molecule has 1 atom stereocenters. The van der Waals surface area contributed by atoms with Crippen LogP contribution in [0.25, 0.3) is 0 Å². The summed E-state index contributed by atoms with van der Waals surface area (Å²) in [6, 6.07) is 0.191. The first-order valence-electron chi connectivity index (χ1n) is 5.49. The lowest BCUT2D eigenvalue weighted by Gasteiger charge is -2.28. The van der Waals surface area contributed by atoms with E-state index in [-0.39, 0.29) is 24.5 Å². The summed E-state index contributed by atoms with van der Waals surface area (Å²) in [6.07, 6.45) is 2.38. The molecule has 0 aliphatic heterocycles. The standard InChI is InChI=1S/C11H21NO2/c1-8(2)12(6-7-13)11(14)9(3)10-4-5-10/h8-10,13H,4-7H2,1-3H3. The van der Waals surface area contributed by atoms with Crippen molar-refractivity contribution in [1.29, 1.82) is 0 Å². The highest BCUT2D eigenvalue weighted by Crippen LogP contribution is 2.37. The molecule has 1 saturated carbocycles. The molecule has 1 fully saturated rings. The Morgan fingerprint density at radius 2 is 2.00 bits per heavy atom. The van der Waals surface area contributed by atoms with Crippen molar-refractivity contribution in [3.8, 4) is 0 Å². The Hall–Kier alpha value is -0.570. The Morgan fingerprint density at radius 1 is 1.43 bits per heavy atom. The highest BCUT2D eigenvalue weighted by molar-refractivity contribution is 5.79. The summed E-state index contributed by atoms with van der Waals surface area (Å²) in [5.41, 5.74) is 0. The summed E-state index contributed by atoms with van der Waals surface area (Å²) in [5.74, 6) is 0.947. The molecule has 0 heterocycles. The van der Waals surface area contributed by atoms with Crippen molar-refractivity contribution in [3.63, 3.8) is 0 Å². The summed E-state index contributed by atoms with van der Waals surface area (Å²) in [5, 5.41) is 8.88. The van der Waals surface area contributed by atoms with Gasteiger partial charge in [0.2, 0.25) is 5.91 Å². The molecule has 14 heavy (non-hydrogen) atoms. The summed E-state index contributed by atoms with van der Waals surface area (Å²) >= 11 is 0. The monoisotopic (exact) mass is 199 g/mol. The van der Waals surface area contributed by atoms with Crippen molar-refractivity contribution >= 4 is 5.91 Å². The second-order valence-corrected chi connectivity index (χ2v) is 4.48. The number of amides is 1. The maximum Gasteiger partial charge on any atom is 0.225 e. The molecular formula is C11H21NO2. The molecule has 0 saturated heterocycles. The Balaban J connectivity index is 2.52. The van der Waals surface area contributed by atoms with E-state index in [1.165, 1.54) is 12.8 Å². The van der Waals surface area contributed by atoms with Crippen molar-refractivity contribution in [1.82, 2.24) is 4.90 Å². The Bertz CT molecular complexity index is 199. The zero-order valence-electron chi connectivity index (χ0n) is 9.36. The summed E-state index contributed by atoms with van der Waals surface area (Å²) in [4.78, 5) is 13.8. The van der Waals surface area contributed by atoms with Gasteiger partial charge < -0.3 is 10.0 Å². The largest absolute Gasteiger partial charge is 0.395 e. The van der Waals surface area contributed by atoms with Crippen LogP contribution in [-0.4, -0.2) is 35.1 Å². The van der Waals surface area contributed by atoms with Crippen molar-refractivity contribution in [2.75, 3.05) is 13.2 Å². The third-order valence-corrected chi connectivity index (χ3v) is 2.97. The Kier molecular flexibility index (Phi) is 3.93. The molecule has 3 heteroatoms. The zero-order valence-corrected chi connectivity index (χ0v) is 9.36. The van der Waals surface area contributed by atoms with E-state index in [9.17, 15) is 4.79 Å². The minimum Gasteiger partial charge on any atom is -0.395 e. The van der Waals surface area contributed by atoms with Crippen LogP contribution < -0.4 is 0 Å². The van der Waals surface area contributed by atoms with Crippen molar-refractivity contribution in [3.05, 3.63) is 0 Å². The molecule has 1 rings (SSSR count). The van der Waals surface area contributed by atoms with Gasteiger partial charge in [0.05, 0.1) is 6.61 Å². The van der Waals surface area contributed by atoms with Gasteiger partial charge in [-0.1, -0.05) is 6.92 Å². The number of hydrogen-bond donors (Lipinski definition) is 1. The van der Waals surface area contributed by atoms with Crippen molar-refractivity contribution in [2.45, 2.75) is 39.7 Å². The second-order valence-electron chi connectivity index (χ2n) is 4.48. The van der Waals surface area contributed by atoms with Gasteiger partial charge in [0.25, 0.3) is 0 Å². The molecule has 1 unspecified atom stereocenters. The normalized spacial score (nSPS) is 18.4. The van der Waals surface area contributed by atoms with Crippen molar-refractivity contribution in [2.24, 2.45) is 11.8 Å². The molecule has 0 spiro atoms. The zero-order chi connectivity index (χ0) is 10.7. The highest BCUT2D eigenvalue weighted by Gasteiger charge is 2.35. The lowest BCUT2D eigenvalue weighted by atomic mass is 10.0. The number of hydrogen-bond acceptors (Lipinski definition) is 2. The number of carbonyl (C=O) groups excluding carboxylic acids is 1. The Morgan fingerprint density at radius 3 is 2.36 bits per heavy atom. The van der Waals surface area contributed by atoms with Crippen LogP contribution in [0, 0.1) is 11.8 Å². The van der Waals surface area contributed by atoms with Crippen molar-refractivity contribution < 1.29 is 9.90 Å².